The van der Waals surface area contributed by atoms with Crippen LogP contribution in [0.5, 0.6) is 0 Å². The monoisotopic (exact) mass is 308 g/mol. The molecule has 1 aromatic carbocycles. The summed E-state index contributed by atoms with van der Waals surface area (Å²) in [6.07, 6.45) is 4.22. The van der Waals surface area contributed by atoms with Gasteiger partial charge in [0.25, 0.3) is 0 Å². The molecule has 1 amide bonds. The summed E-state index contributed by atoms with van der Waals surface area (Å²) in [6, 6.07) is 8.99. The van der Waals surface area contributed by atoms with Gasteiger partial charge in [0.05, 0.1) is 0 Å². The smallest absolute Gasteiger partial charge is 0.223 e. The van der Waals surface area contributed by atoms with Crippen LogP contribution in [0.25, 0.3) is 0 Å². The Bertz CT molecular complexity index is 491. The molecule has 4 heteroatoms. The molecular weight excluding hydrogens is 284 g/mol. The lowest BCUT2D eigenvalue weighted by atomic mass is 9.81. The van der Waals surface area contributed by atoms with Crippen molar-refractivity contribution in [1.29, 1.82) is 0 Å². The molecule has 1 saturated heterocycles. The van der Waals surface area contributed by atoms with Crippen molar-refractivity contribution in [2.75, 3.05) is 19.6 Å². The first-order valence-electron chi connectivity index (χ1n) is 7.83. The van der Waals surface area contributed by atoms with Gasteiger partial charge < -0.3 is 10.2 Å². The zero-order valence-corrected chi connectivity index (χ0v) is 13.5. The highest BCUT2D eigenvalue weighted by molar-refractivity contribution is 5.85. The zero-order valence-electron chi connectivity index (χ0n) is 12.7. The van der Waals surface area contributed by atoms with Gasteiger partial charge in [-0.05, 0) is 43.2 Å². The minimum absolute atomic E-state index is 0. The second kappa shape index (κ2) is 7.28. The molecular formula is C17H25ClN2O. The number of carbonyl (C=O) groups excluding carboxylic acids is 1. The van der Waals surface area contributed by atoms with E-state index in [9.17, 15) is 4.79 Å². The summed E-state index contributed by atoms with van der Waals surface area (Å²) in [5.41, 5.74) is 2.86. The van der Waals surface area contributed by atoms with E-state index in [1.165, 1.54) is 24.0 Å². The molecule has 0 bridgehead atoms. The number of amides is 1. The summed E-state index contributed by atoms with van der Waals surface area (Å²) < 4.78 is 0. The molecule has 3 rings (SSSR count). The molecule has 0 spiro atoms. The Kier molecular flexibility index (Phi) is 5.65. The van der Waals surface area contributed by atoms with Gasteiger partial charge in [0.1, 0.15) is 0 Å². The maximum Gasteiger partial charge on any atom is 0.223 e. The number of hydrogen-bond donors (Lipinski definition) is 1. The molecule has 2 atom stereocenters. The van der Waals surface area contributed by atoms with Crippen LogP contribution >= 0.6 is 12.4 Å². The van der Waals surface area contributed by atoms with E-state index in [4.69, 9.17) is 0 Å². The fourth-order valence-electron chi connectivity index (χ4n) is 3.61. The van der Waals surface area contributed by atoms with Gasteiger partial charge in [-0.15, -0.1) is 12.4 Å². The molecule has 2 aliphatic rings. The zero-order chi connectivity index (χ0) is 13.9. The number of piperazine rings is 1. The predicted molar refractivity (Wildman–Crippen MR) is 88.0 cm³/mol. The lowest BCUT2D eigenvalue weighted by Crippen LogP contribution is -2.52. The van der Waals surface area contributed by atoms with E-state index >= 15 is 0 Å². The SMILES string of the molecule is C[C@H]1CNCCN1C(=O)CC1CCCc2ccccc21.Cl. The number of nitrogens with one attached hydrogen (secondary N) is 1. The topological polar surface area (TPSA) is 32.3 Å². The summed E-state index contributed by atoms with van der Waals surface area (Å²) in [5, 5.41) is 3.34. The molecule has 1 aliphatic heterocycles. The van der Waals surface area contributed by atoms with Gasteiger partial charge in [-0.25, -0.2) is 0 Å². The predicted octanol–water partition coefficient (Wildman–Crippen LogP) is 2.74. The Morgan fingerprint density at radius 1 is 1.38 bits per heavy atom. The minimum atomic E-state index is 0. The van der Waals surface area contributed by atoms with Crippen molar-refractivity contribution in [1.82, 2.24) is 10.2 Å². The van der Waals surface area contributed by atoms with E-state index < -0.39 is 0 Å². The van der Waals surface area contributed by atoms with Crippen LogP contribution in [0.4, 0.5) is 0 Å². The molecule has 21 heavy (non-hydrogen) atoms. The van der Waals surface area contributed by atoms with Crippen LogP contribution in [0.3, 0.4) is 0 Å². The summed E-state index contributed by atoms with van der Waals surface area (Å²) in [6.45, 7) is 4.84. The normalized spacial score (nSPS) is 24.9. The Labute approximate surface area is 133 Å². The van der Waals surface area contributed by atoms with Gasteiger partial charge in [0.2, 0.25) is 5.91 Å². The molecule has 0 saturated carbocycles. The summed E-state index contributed by atoms with van der Waals surface area (Å²) in [5.74, 6) is 0.759. The first-order chi connectivity index (χ1) is 9.75. The third kappa shape index (κ3) is 3.58. The van der Waals surface area contributed by atoms with Gasteiger partial charge in [0, 0.05) is 32.1 Å². The molecule has 0 radical (unpaired) electrons. The Morgan fingerprint density at radius 2 is 2.19 bits per heavy atom. The molecule has 3 nitrogen and oxygen atoms in total. The number of carbonyl (C=O) groups is 1. The van der Waals surface area contributed by atoms with E-state index in [1.54, 1.807) is 0 Å². The van der Waals surface area contributed by atoms with Crippen molar-refractivity contribution in [3.8, 4) is 0 Å². The third-order valence-corrected chi connectivity index (χ3v) is 4.74. The summed E-state index contributed by atoms with van der Waals surface area (Å²) in [7, 11) is 0. The lowest BCUT2D eigenvalue weighted by Gasteiger charge is -2.35. The highest BCUT2D eigenvalue weighted by Gasteiger charge is 2.27. The molecule has 1 fully saturated rings. The molecule has 0 aromatic heterocycles. The van der Waals surface area contributed by atoms with Crippen molar-refractivity contribution < 1.29 is 4.79 Å². The number of aryl methyl sites for hydroxylation is 1. The van der Waals surface area contributed by atoms with E-state index in [-0.39, 0.29) is 12.4 Å². The van der Waals surface area contributed by atoms with Crippen LogP contribution < -0.4 is 5.32 Å². The first kappa shape index (κ1) is 16.3. The van der Waals surface area contributed by atoms with E-state index in [1.807, 2.05) is 0 Å². The van der Waals surface area contributed by atoms with Gasteiger partial charge in [0.15, 0.2) is 0 Å². The molecule has 1 heterocycles. The largest absolute Gasteiger partial charge is 0.337 e. The van der Waals surface area contributed by atoms with Crippen molar-refractivity contribution in [2.45, 2.75) is 44.6 Å². The van der Waals surface area contributed by atoms with Crippen molar-refractivity contribution >= 4 is 18.3 Å². The number of nitrogens with zero attached hydrogens (tertiary/aromatic N) is 1. The van der Waals surface area contributed by atoms with Crippen LogP contribution in [-0.4, -0.2) is 36.5 Å². The molecule has 1 aliphatic carbocycles. The fourth-order valence-corrected chi connectivity index (χ4v) is 3.61. The summed E-state index contributed by atoms with van der Waals surface area (Å²) >= 11 is 0. The van der Waals surface area contributed by atoms with Crippen molar-refractivity contribution in [3.05, 3.63) is 35.4 Å². The van der Waals surface area contributed by atoms with E-state index in [0.717, 1.165) is 26.1 Å². The second-order valence-electron chi connectivity index (χ2n) is 6.13. The maximum atomic E-state index is 12.6. The Balaban J connectivity index is 0.00000161. The Hall–Kier alpha value is -1.06. The van der Waals surface area contributed by atoms with E-state index in [0.29, 0.717) is 24.3 Å². The highest BCUT2D eigenvalue weighted by atomic mass is 35.5. The van der Waals surface area contributed by atoms with E-state index in [2.05, 4.69) is 41.4 Å². The van der Waals surface area contributed by atoms with Crippen LogP contribution in [0.15, 0.2) is 24.3 Å². The average Bonchev–Trinajstić information content (AvgIpc) is 2.48. The third-order valence-electron chi connectivity index (χ3n) is 4.74. The van der Waals surface area contributed by atoms with Crippen molar-refractivity contribution in [3.63, 3.8) is 0 Å². The minimum Gasteiger partial charge on any atom is -0.337 e. The van der Waals surface area contributed by atoms with Gasteiger partial charge in [-0.3, -0.25) is 4.79 Å². The molecule has 1 unspecified atom stereocenters. The second-order valence-corrected chi connectivity index (χ2v) is 6.13. The number of benzene rings is 1. The van der Waals surface area contributed by atoms with Crippen LogP contribution in [0.1, 0.15) is 43.2 Å². The molecule has 1 N–H and O–H groups in total. The van der Waals surface area contributed by atoms with Crippen molar-refractivity contribution in [2.24, 2.45) is 0 Å². The van der Waals surface area contributed by atoms with Crippen LogP contribution in [-0.2, 0) is 11.2 Å². The number of rotatable bonds is 2. The summed E-state index contributed by atoms with van der Waals surface area (Å²) in [4.78, 5) is 14.6. The standard InChI is InChI=1S/C17H24N2O.ClH/c1-13-12-18-9-10-19(13)17(20)11-15-7-4-6-14-5-2-3-8-16(14)15;/h2-3,5,8,13,15,18H,4,6-7,9-12H2,1H3;1H/t13-,15?;/m0./s1. The van der Waals surface area contributed by atoms with Gasteiger partial charge >= 0.3 is 0 Å². The highest BCUT2D eigenvalue weighted by Crippen LogP contribution is 2.34. The maximum absolute atomic E-state index is 12.6. The quantitative estimate of drug-likeness (QED) is 0.911. The number of hydrogen-bond acceptors (Lipinski definition) is 2. The van der Waals surface area contributed by atoms with Gasteiger partial charge in [-0.2, -0.15) is 0 Å². The molecule has 116 valence electrons. The lowest BCUT2D eigenvalue weighted by molar-refractivity contribution is -0.134. The number of halogens is 1. The Morgan fingerprint density at radius 3 is 3.00 bits per heavy atom. The average molecular weight is 309 g/mol. The van der Waals surface area contributed by atoms with Gasteiger partial charge in [-0.1, -0.05) is 24.3 Å². The van der Waals surface area contributed by atoms with Crippen LogP contribution in [0.2, 0.25) is 0 Å². The first-order valence-corrected chi connectivity index (χ1v) is 7.83. The molecule has 1 aromatic rings. The van der Waals surface area contributed by atoms with Crippen LogP contribution in [0, 0.1) is 0 Å². The fraction of sp³-hybridized carbons (Fsp3) is 0.588. The number of fused-ring (bicyclic) bond motifs is 1.